The van der Waals surface area contributed by atoms with Crippen molar-refractivity contribution in [2.24, 2.45) is 5.73 Å². The molecular formula is C14H18N2O2S2. The van der Waals surface area contributed by atoms with Crippen molar-refractivity contribution < 1.29 is 8.42 Å². The van der Waals surface area contributed by atoms with Crippen molar-refractivity contribution in [2.75, 3.05) is 4.72 Å². The third-order valence-electron chi connectivity index (χ3n) is 2.88. The molecule has 0 saturated heterocycles. The molecule has 6 heteroatoms. The van der Waals surface area contributed by atoms with Crippen LogP contribution in [0.4, 0.5) is 5.69 Å². The van der Waals surface area contributed by atoms with E-state index in [1.807, 2.05) is 18.2 Å². The first kappa shape index (κ1) is 15.0. The molecule has 0 atom stereocenters. The number of hydrogen-bond donors (Lipinski definition) is 2. The molecule has 0 aliphatic rings. The Labute approximate surface area is 123 Å². The maximum atomic E-state index is 12.3. The molecule has 108 valence electrons. The lowest BCUT2D eigenvalue weighted by molar-refractivity contribution is 0.603. The van der Waals surface area contributed by atoms with Gasteiger partial charge in [-0.25, -0.2) is 8.42 Å². The van der Waals surface area contributed by atoms with Crippen LogP contribution in [0.25, 0.3) is 0 Å². The summed E-state index contributed by atoms with van der Waals surface area (Å²) in [5, 5.41) is 0. The second kappa shape index (κ2) is 6.39. The molecule has 0 unspecified atom stereocenters. The molecule has 0 saturated carbocycles. The first-order valence-electron chi connectivity index (χ1n) is 6.46. The molecule has 0 fully saturated rings. The largest absolute Gasteiger partial charge is 0.326 e. The van der Waals surface area contributed by atoms with Gasteiger partial charge in [-0.15, -0.1) is 11.3 Å². The van der Waals surface area contributed by atoms with Crippen molar-refractivity contribution in [1.82, 2.24) is 0 Å². The first-order valence-corrected chi connectivity index (χ1v) is 8.76. The van der Waals surface area contributed by atoms with Gasteiger partial charge < -0.3 is 5.73 Å². The Balaban J connectivity index is 2.28. The Hall–Kier alpha value is -1.37. The topological polar surface area (TPSA) is 72.2 Å². The van der Waals surface area contributed by atoms with Crippen LogP contribution in [-0.4, -0.2) is 8.42 Å². The molecule has 0 radical (unpaired) electrons. The molecule has 0 spiro atoms. The normalized spacial score (nSPS) is 11.5. The van der Waals surface area contributed by atoms with Gasteiger partial charge in [-0.3, -0.25) is 4.72 Å². The summed E-state index contributed by atoms with van der Waals surface area (Å²) in [6.07, 6.45) is 1.81. The minimum Gasteiger partial charge on any atom is -0.326 e. The molecule has 0 aliphatic heterocycles. The fourth-order valence-corrected chi connectivity index (χ4v) is 4.25. The van der Waals surface area contributed by atoms with Gasteiger partial charge in [0.2, 0.25) is 0 Å². The van der Waals surface area contributed by atoms with Crippen LogP contribution in [0.15, 0.2) is 40.6 Å². The molecule has 1 aromatic heterocycles. The number of anilines is 1. The number of rotatable bonds is 6. The zero-order valence-electron chi connectivity index (χ0n) is 11.3. The van der Waals surface area contributed by atoms with Crippen LogP contribution >= 0.6 is 11.3 Å². The number of hydrogen-bond acceptors (Lipinski definition) is 4. The van der Waals surface area contributed by atoms with E-state index >= 15 is 0 Å². The van der Waals surface area contributed by atoms with Gasteiger partial charge in [0.05, 0.1) is 5.69 Å². The third-order valence-corrected chi connectivity index (χ3v) is 5.85. The van der Waals surface area contributed by atoms with Gasteiger partial charge >= 0.3 is 0 Å². The Kier molecular flexibility index (Phi) is 4.80. The lowest BCUT2D eigenvalue weighted by Crippen LogP contribution is -2.12. The van der Waals surface area contributed by atoms with E-state index in [9.17, 15) is 8.42 Å². The number of aryl methyl sites for hydroxylation is 1. The summed E-state index contributed by atoms with van der Waals surface area (Å²) in [5.41, 5.74) is 7.18. The smallest absolute Gasteiger partial charge is 0.271 e. The van der Waals surface area contributed by atoms with E-state index in [2.05, 4.69) is 11.6 Å². The molecule has 4 nitrogen and oxygen atoms in total. The maximum absolute atomic E-state index is 12.3. The molecule has 3 N–H and O–H groups in total. The standard InChI is InChI=1S/C14H18N2O2S2/c1-2-5-11-6-3-4-7-13(11)16-20(17,18)14-9-8-12(10-15)19-14/h3-4,6-9,16H,2,5,10,15H2,1H3. The molecule has 0 aliphatic carbocycles. The van der Waals surface area contributed by atoms with Gasteiger partial charge in [0, 0.05) is 11.4 Å². The van der Waals surface area contributed by atoms with Gasteiger partial charge in [0.25, 0.3) is 10.0 Å². The summed E-state index contributed by atoms with van der Waals surface area (Å²) in [6, 6.07) is 10.8. The number of thiophene rings is 1. The zero-order chi connectivity index (χ0) is 14.6. The molecule has 0 bridgehead atoms. The van der Waals surface area contributed by atoms with Crippen LogP contribution in [0, 0.1) is 0 Å². The predicted octanol–water partition coefficient (Wildman–Crippen LogP) is 2.96. The summed E-state index contributed by atoms with van der Waals surface area (Å²) in [6.45, 7) is 2.42. The molecule has 1 aromatic carbocycles. The van der Waals surface area contributed by atoms with E-state index < -0.39 is 10.0 Å². The minimum absolute atomic E-state index is 0.296. The van der Waals surface area contributed by atoms with E-state index in [0.29, 0.717) is 16.4 Å². The van der Waals surface area contributed by atoms with Gasteiger partial charge in [-0.05, 0) is 30.2 Å². The maximum Gasteiger partial charge on any atom is 0.271 e. The third kappa shape index (κ3) is 3.39. The van der Waals surface area contributed by atoms with Gasteiger partial charge in [0.15, 0.2) is 0 Å². The van der Waals surface area contributed by atoms with E-state index in [0.717, 1.165) is 23.3 Å². The Morgan fingerprint density at radius 3 is 2.60 bits per heavy atom. The van der Waals surface area contributed by atoms with Crippen molar-refractivity contribution >= 4 is 27.0 Å². The molecule has 0 amide bonds. The molecule has 1 heterocycles. The zero-order valence-corrected chi connectivity index (χ0v) is 12.9. The highest BCUT2D eigenvalue weighted by Crippen LogP contribution is 2.25. The lowest BCUT2D eigenvalue weighted by atomic mass is 10.1. The SMILES string of the molecule is CCCc1ccccc1NS(=O)(=O)c1ccc(CN)s1. The Bertz CT molecular complexity index is 678. The van der Waals surface area contributed by atoms with Crippen molar-refractivity contribution in [1.29, 1.82) is 0 Å². The summed E-state index contributed by atoms with van der Waals surface area (Å²) < 4.78 is 27.7. The fraction of sp³-hybridized carbons (Fsp3) is 0.286. The van der Waals surface area contributed by atoms with Gasteiger partial charge in [-0.1, -0.05) is 31.5 Å². The first-order chi connectivity index (χ1) is 9.56. The molecule has 2 rings (SSSR count). The van der Waals surface area contributed by atoms with E-state index in [1.54, 1.807) is 18.2 Å². The highest BCUT2D eigenvalue weighted by Gasteiger charge is 2.17. The van der Waals surface area contributed by atoms with Crippen molar-refractivity contribution in [3.63, 3.8) is 0 Å². The Morgan fingerprint density at radius 2 is 1.95 bits per heavy atom. The number of nitrogens with one attached hydrogen (secondary N) is 1. The summed E-state index contributed by atoms with van der Waals surface area (Å²) in [5.74, 6) is 0. The van der Waals surface area contributed by atoms with Crippen LogP contribution in [-0.2, 0) is 23.0 Å². The van der Waals surface area contributed by atoms with Crippen LogP contribution in [0.2, 0.25) is 0 Å². The molecule has 2 aromatic rings. The predicted molar refractivity (Wildman–Crippen MR) is 83.5 cm³/mol. The van der Waals surface area contributed by atoms with Crippen molar-refractivity contribution in [2.45, 2.75) is 30.5 Å². The van der Waals surface area contributed by atoms with Crippen molar-refractivity contribution in [3.8, 4) is 0 Å². The summed E-state index contributed by atoms with van der Waals surface area (Å²) in [7, 11) is -3.53. The Morgan fingerprint density at radius 1 is 1.20 bits per heavy atom. The quantitative estimate of drug-likeness (QED) is 0.861. The second-order valence-corrected chi connectivity index (χ2v) is 7.52. The van der Waals surface area contributed by atoms with E-state index in [-0.39, 0.29) is 0 Å². The van der Waals surface area contributed by atoms with Gasteiger partial charge in [-0.2, -0.15) is 0 Å². The number of nitrogens with two attached hydrogens (primary N) is 1. The number of sulfonamides is 1. The average Bonchev–Trinajstić information content (AvgIpc) is 2.91. The highest BCUT2D eigenvalue weighted by molar-refractivity contribution is 7.94. The highest BCUT2D eigenvalue weighted by atomic mass is 32.2. The van der Waals surface area contributed by atoms with Crippen LogP contribution in [0.1, 0.15) is 23.8 Å². The van der Waals surface area contributed by atoms with E-state index in [4.69, 9.17) is 5.73 Å². The lowest BCUT2D eigenvalue weighted by Gasteiger charge is -2.11. The minimum atomic E-state index is -3.53. The van der Waals surface area contributed by atoms with Crippen molar-refractivity contribution in [3.05, 3.63) is 46.8 Å². The fourth-order valence-electron chi connectivity index (χ4n) is 1.91. The average molecular weight is 310 g/mol. The summed E-state index contributed by atoms with van der Waals surface area (Å²) >= 11 is 1.20. The van der Waals surface area contributed by atoms with E-state index in [1.165, 1.54) is 11.3 Å². The second-order valence-electron chi connectivity index (χ2n) is 4.44. The molecular weight excluding hydrogens is 292 g/mol. The summed E-state index contributed by atoms with van der Waals surface area (Å²) in [4.78, 5) is 0.854. The molecule has 20 heavy (non-hydrogen) atoms. The van der Waals surface area contributed by atoms with Crippen LogP contribution < -0.4 is 10.5 Å². The number of para-hydroxylation sites is 1. The van der Waals surface area contributed by atoms with Gasteiger partial charge in [0.1, 0.15) is 4.21 Å². The van der Waals surface area contributed by atoms with Crippen LogP contribution in [0.3, 0.4) is 0 Å². The number of benzene rings is 1. The van der Waals surface area contributed by atoms with Crippen LogP contribution in [0.5, 0.6) is 0 Å². The monoisotopic (exact) mass is 310 g/mol.